The molecular formula is C15H20O3. The minimum atomic E-state index is -0.629. The van der Waals surface area contributed by atoms with Gasteiger partial charge in [0.2, 0.25) is 0 Å². The first-order valence-electron chi connectivity index (χ1n) is 6.23. The summed E-state index contributed by atoms with van der Waals surface area (Å²) < 4.78 is 10.7. The van der Waals surface area contributed by atoms with Crippen molar-refractivity contribution in [2.24, 2.45) is 0 Å². The van der Waals surface area contributed by atoms with Crippen LogP contribution in [0.3, 0.4) is 0 Å². The third kappa shape index (κ3) is 4.72. The summed E-state index contributed by atoms with van der Waals surface area (Å²) in [6, 6.07) is 9.41. The first-order chi connectivity index (χ1) is 8.79. The molecule has 0 N–H and O–H groups in total. The monoisotopic (exact) mass is 248 g/mol. The molecule has 0 bridgehead atoms. The number of hydrogen-bond acceptors (Lipinski definition) is 3. The van der Waals surface area contributed by atoms with Crippen LogP contribution in [0, 0.1) is 0 Å². The number of hydrogen-bond donors (Lipinski definition) is 0. The highest BCUT2D eigenvalue weighted by Crippen LogP contribution is 2.19. The maximum Gasteiger partial charge on any atom is 0.339 e. The number of unbranched alkanes of at least 4 members (excludes halogenated alkanes) is 1. The number of benzene rings is 1. The Labute approximate surface area is 108 Å². The average Bonchev–Trinajstić information content (AvgIpc) is 2.40. The van der Waals surface area contributed by atoms with Gasteiger partial charge in [0.1, 0.15) is 0 Å². The van der Waals surface area contributed by atoms with Gasteiger partial charge in [0, 0.05) is 6.61 Å². The Bertz CT molecular complexity index is 359. The molecule has 1 atom stereocenters. The van der Waals surface area contributed by atoms with E-state index in [0.29, 0.717) is 13.2 Å². The lowest BCUT2D eigenvalue weighted by atomic mass is 10.1. The fraction of sp³-hybridized carbons (Fsp3) is 0.400. The summed E-state index contributed by atoms with van der Waals surface area (Å²) >= 11 is 0. The van der Waals surface area contributed by atoms with Crippen molar-refractivity contribution < 1.29 is 14.3 Å². The van der Waals surface area contributed by atoms with E-state index >= 15 is 0 Å². The van der Waals surface area contributed by atoms with Crippen LogP contribution in [0.4, 0.5) is 0 Å². The topological polar surface area (TPSA) is 35.5 Å². The normalized spacial score (nSPS) is 11.8. The first-order valence-corrected chi connectivity index (χ1v) is 6.23. The van der Waals surface area contributed by atoms with Crippen molar-refractivity contribution in [3.05, 3.63) is 48.6 Å². The van der Waals surface area contributed by atoms with Gasteiger partial charge >= 0.3 is 5.97 Å². The molecule has 0 aliphatic rings. The average molecular weight is 248 g/mol. The van der Waals surface area contributed by atoms with Crippen molar-refractivity contribution in [3.8, 4) is 0 Å². The Morgan fingerprint density at radius 1 is 1.39 bits per heavy atom. The zero-order valence-corrected chi connectivity index (χ0v) is 10.8. The van der Waals surface area contributed by atoms with Gasteiger partial charge in [-0.05, 0) is 25.3 Å². The number of rotatable bonds is 8. The second-order valence-electron chi connectivity index (χ2n) is 3.84. The van der Waals surface area contributed by atoms with E-state index < -0.39 is 6.10 Å². The van der Waals surface area contributed by atoms with Crippen molar-refractivity contribution in [1.29, 1.82) is 0 Å². The Morgan fingerprint density at radius 3 is 2.72 bits per heavy atom. The lowest BCUT2D eigenvalue weighted by Gasteiger charge is -2.16. The van der Waals surface area contributed by atoms with E-state index in [9.17, 15) is 4.79 Å². The van der Waals surface area contributed by atoms with Crippen molar-refractivity contribution in [1.82, 2.24) is 0 Å². The second-order valence-corrected chi connectivity index (χ2v) is 3.84. The number of carbonyl (C=O) groups excluding carboxylic acids is 1. The Hall–Kier alpha value is -1.61. The van der Waals surface area contributed by atoms with Gasteiger partial charge in [0.15, 0.2) is 6.10 Å². The predicted molar refractivity (Wildman–Crippen MR) is 71.2 cm³/mol. The van der Waals surface area contributed by atoms with Gasteiger partial charge in [0.05, 0.1) is 6.61 Å². The van der Waals surface area contributed by atoms with Crippen LogP contribution in [-0.4, -0.2) is 19.2 Å². The fourth-order valence-corrected chi connectivity index (χ4v) is 1.57. The summed E-state index contributed by atoms with van der Waals surface area (Å²) in [5, 5.41) is 0. The summed E-state index contributed by atoms with van der Waals surface area (Å²) in [5.74, 6) is -0.331. The van der Waals surface area contributed by atoms with Crippen molar-refractivity contribution in [2.75, 3.05) is 13.2 Å². The molecule has 0 aliphatic heterocycles. The third-order valence-corrected chi connectivity index (χ3v) is 2.44. The highest BCUT2D eigenvalue weighted by atomic mass is 16.6. The number of carbonyl (C=O) groups is 1. The van der Waals surface area contributed by atoms with Crippen LogP contribution in [0.5, 0.6) is 0 Å². The zero-order valence-electron chi connectivity index (χ0n) is 10.8. The summed E-state index contributed by atoms with van der Waals surface area (Å²) in [7, 11) is 0. The number of esters is 1. The molecule has 0 spiro atoms. The Morgan fingerprint density at radius 2 is 2.11 bits per heavy atom. The molecule has 0 amide bonds. The van der Waals surface area contributed by atoms with Gasteiger partial charge in [-0.3, -0.25) is 0 Å². The van der Waals surface area contributed by atoms with Crippen molar-refractivity contribution >= 4 is 5.97 Å². The molecule has 1 rings (SSSR count). The van der Waals surface area contributed by atoms with E-state index in [0.717, 1.165) is 18.4 Å². The highest BCUT2D eigenvalue weighted by Gasteiger charge is 2.22. The smallest absolute Gasteiger partial charge is 0.339 e. The molecule has 1 aromatic carbocycles. The van der Waals surface area contributed by atoms with E-state index in [-0.39, 0.29) is 5.97 Å². The molecule has 0 aromatic heterocycles. The molecule has 0 heterocycles. The van der Waals surface area contributed by atoms with E-state index in [4.69, 9.17) is 9.47 Å². The molecule has 1 aromatic rings. The van der Waals surface area contributed by atoms with Gasteiger partial charge < -0.3 is 9.47 Å². The molecule has 3 nitrogen and oxygen atoms in total. The standard InChI is InChI=1S/C15H20O3/c1-3-5-9-12-18-14(15(16)17-4-2)13-10-7-6-8-11-13/h3,6-8,10-11,14H,1,4-5,9,12H2,2H3. The molecule has 0 saturated carbocycles. The molecule has 98 valence electrons. The molecule has 3 heteroatoms. The fourth-order valence-electron chi connectivity index (χ4n) is 1.57. The van der Waals surface area contributed by atoms with Gasteiger partial charge in [0.25, 0.3) is 0 Å². The lowest BCUT2D eigenvalue weighted by molar-refractivity contribution is -0.157. The van der Waals surface area contributed by atoms with Crippen molar-refractivity contribution in [3.63, 3.8) is 0 Å². The van der Waals surface area contributed by atoms with Crippen LogP contribution in [-0.2, 0) is 14.3 Å². The number of ether oxygens (including phenoxy) is 2. The van der Waals surface area contributed by atoms with Crippen LogP contribution in [0.15, 0.2) is 43.0 Å². The summed E-state index contributed by atoms with van der Waals surface area (Å²) in [4.78, 5) is 11.8. The van der Waals surface area contributed by atoms with Gasteiger partial charge in [-0.25, -0.2) is 4.79 Å². The maximum atomic E-state index is 11.8. The van der Waals surface area contributed by atoms with Gasteiger partial charge in [-0.2, -0.15) is 0 Å². The molecule has 18 heavy (non-hydrogen) atoms. The molecule has 0 aliphatic carbocycles. The van der Waals surface area contributed by atoms with Gasteiger partial charge in [-0.1, -0.05) is 36.4 Å². The van der Waals surface area contributed by atoms with Crippen LogP contribution in [0.2, 0.25) is 0 Å². The lowest BCUT2D eigenvalue weighted by Crippen LogP contribution is -2.19. The SMILES string of the molecule is C=CCCCOC(C(=O)OCC)c1ccccc1. The molecule has 0 saturated heterocycles. The summed E-state index contributed by atoms with van der Waals surface area (Å²) in [6.07, 6.45) is 2.94. The highest BCUT2D eigenvalue weighted by molar-refractivity contribution is 5.76. The Balaban J connectivity index is 2.63. The zero-order chi connectivity index (χ0) is 13.2. The second kappa shape index (κ2) is 8.48. The van der Waals surface area contributed by atoms with Crippen LogP contribution in [0.1, 0.15) is 31.4 Å². The molecular weight excluding hydrogens is 228 g/mol. The van der Waals surface area contributed by atoms with Crippen LogP contribution < -0.4 is 0 Å². The van der Waals surface area contributed by atoms with E-state index in [1.54, 1.807) is 6.92 Å². The predicted octanol–water partition coefficient (Wildman–Crippen LogP) is 3.27. The minimum Gasteiger partial charge on any atom is -0.464 e. The van der Waals surface area contributed by atoms with Crippen LogP contribution in [0.25, 0.3) is 0 Å². The van der Waals surface area contributed by atoms with E-state index in [1.807, 2.05) is 36.4 Å². The largest absolute Gasteiger partial charge is 0.464 e. The molecule has 1 unspecified atom stereocenters. The van der Waals surface area contributed by atoms with E-state index in [2.05, 4.69) is 6.58 Å². The number of allylic oxidation sites excluding steroid dienone is 1. The molecule has 0 fully saturated rings. The van der Waals surface area contributed by atoms with Gasteiger partial charge in [-0.15, -0.1) is 6.58 Å². The van der Waals surface area contributed by atoms with Crippen molar-refractivity contribution in [2.45, 2.75) is 25.9 Å². The summed E-state index contributed by atoms with van der Waals surface area (Å²) in [6.45, 7) is 6.32. The third-order valence-electron chi connectivity index (χ3n) is 2.44. The maximum absolute atomic E-state index is 11.8. The minimum absolute atomic E-state index is 0.331. The molecule has 0 radical (unpaired) electrons. The van der Waals surface area contributed by atoms with Crippen LogP contribution >= 0.6 is 0 Å². The first kappa shape index (κ1) is 14.5. The quantitative estimate of drug-likeness (QED) is 0.402. The Kier molecular flexibility index (Phi) is 6.81. The summed E-state index contributed by atoms with van der Waals surface area (Å²) in [5.41, 5.74) is 0.828. The van der Waals surface area contributed by atoms with E-state index in [1.165, 1.54) is 0 Å².